The Hall–Kier alpha value is -2.12. The Bertz CT molecular complexity index is 628. The van der Waals surface area contributed by atoms with Crippen LogP contribution in [0.25, 0.3) is 0 Å². The number of carboxylic acid groups (broad SMARTS) is 1. The van der Waals surface area contributed by atoms with Crippen LogP contribution in [0.1, 0.15) is 59.3 Å². The van der Waals surface area contributed by atoms with Crippen LogP contribution in [0.5, 0.6) is 0 Å². The quantitative estimate of drug-likeness (QED) is 0.113. The van der Waals surface area contributed by atoms with Crippen molar-refractivity contribution in [3.8, 4) is 0 Å². The molecule has 0 aromatic heterocycles. The maximum atomic E-state index is 11.5. The summed E-state index contributed by atoms with van der Waals surface area (Å²) in [5.41, 5.74) is 21.9. The second-order valence-corrected chi connectivity index (χ2v) is 8.20. The molecule has 1 aliphatic heterocycles. The summed E-state index contributed by atoms with van der Waals surface area (Å²) in [5, 5.41) is 11.6. The number of aliphatic carboxylic acids is 1. The van der Waals surface area contributed by atoms with Gasteiger partial charge in [0.05, 0.1) is 0 Å². The molecule has 0 bridgehead atoms. The minimum absolute atomic E-state index is 0.0248. The van der Waals surface area contributed by atoms with Crippen molar-refractivity contribution in [2.45, 2.75) is 89.6 Å². The molecule has 12 nitrogen and oxygen atoms in total. The predicted octanol–water partition coefficient (Wildman–Crippen LogP) is -1.03. The van der Waals surface area contributed by atoms with Gasteiger partial charge in [-0.05, 0) is 51.6 Å². The highest BCUT2D eigenvalue weighted by atomic mass is 16.6. The lowest BCUT2D eigenvalue weighted by atomic mass is 10.0. The zero-order valence-corrected chi connectivity index (χ0v) is 19.8. The summed E-state index contributed by atoms with van der Waals surface area (Å²) in [4.78, 5) is 45.0. The zero-order chi connectivity index (χ0) is 25.6. The number of hydrogen-bond acceptors (Lipinski definition) is 11. The molecular formula is C21H41N5O7. The average molecular weight is 476 g/mol. The van der Waals surface area contributed by atoms with E-state index in [1.54, 1.807) is 0 Å². The second kappa shape index (κ2) is 16.5. The van der Waals surface area contributed by atoms with Gasteiger partial charge in [0, 0.05) is 0 Å². The van der Waals surface area contributed by atoms with Crippen molar-refractivity contribution in [2.24, 2.45) is 28.9 Å². The molecule has 0 aliphatic carbocycles. The number of carbonyl (C=O) groups is 4. The van der Waals surface area contributed by atoms with Crippen LogP contribution in [0.4, 0.5) is 0 Å². The predicted molar refractivity (Wildman–Crippen MR) is 122 cm³/mol. The fourth-order valence-corrected chi connectivity index (χ4v) is 2.78. The fourth-order valence-electron chi connectivity index (χ4n) is 2.78. The number of ether oxygens (including phenoxy) is 2. The Morgan fingerprint density at radius 2 is 1.70 bits per heavy atom. The number of esters is 3. The van der Waals surface area contributed by atoms with Gasteiger partial charge >= 0.3 is 23.9 Å². The highest BCUT2D eigenvalue weighted by Gasteiger charge is 2.29. The van der Waals surface area contributed by atoms with E-state index in [1.165, 1.54) is 6.92 Å². The van der Waals surface area contributed by atoms with E-state index in [4.69, 9.17) is 37.5 Å². The van der Waals surface area contributed by atoms with Crippen molar-refractivity contribution in [3.63, 3.8) is 0 Å². The number of hydrogen-bond donors (Lipinski definition) is 6. The number of rotatable bonds is 12. The molecule has 33 heavy (non-hydrogen) atoms. The van der Waals surface area contributed by atoms with Crippen LogP contribution in [0.15, 0.2) is 0 Å². The van der Waals surface area contributed by atoms with Crippen molar-refractivity contribution in [1.29, 1.82) is 0 Å². The zero-order valence-electron chi connectivity index (χ0n) is 19.8. The van der Waals surface area contributed by atoms with E-state index < -0.39 is 48.1 Å². The maximum absolute atomic E-state index is 11.5. The van der Waals surface area contributed by atoms with Crippen LogP contribution >= 0.6 is 0 Å². The maximum Gasteiger partial charge on any atom is 0.330 e. The molecule has 0 spiro atoms. The highest BCUT2D eigenvalue weighted by Crippen LogP contribution is 2.10. The van der Waals surface area contributed by atoms with Gasteiger partial charge in [-0.1, -0.05) is 26.7 Å². The van der Waals surface area contributed by atoms with Crippen LogP contribution in [0, 0.1) is 5.92 Å². The first-order valence-electron chi connectivity index (χ1n) is 11.3. The number of unbranched alkanes of at least 4 members (excludes halogenated alkanes) is 1. The summed E-state index contributed by atoms with van der Waals surface area (Å²) in [6.45, 7) is 6.57. The number of carbonyl (C=O) groups excluding carboxylic acids is 3. The van der Waals surface area contributed by atoms with E-state index in [2.05, 4.69) is 5.32 Å². The summed E-state index contributed by atoms with van der Waals surface area (Å²) in [5.74, 6) is -2.95. The Morgan fingerprint density at radius 3 is 2.18 bits per heavy atom. The van der Waals surface area contributed by atoms with Crippen LogP contribution in [0.3, 0.4) is 0 Å². The monoisotopic (exact) mass is 475 g/mol. The first kappa shape index (κ1) is 30.9. The average Bonchev–Trinajstić information content (AvgIpc) is 3.32. The third-order valence-corrected chi connectivity index (χ3v) is 5.44. The molecule has 1 fully saturated rings. The molecule has 0 radical (unpaired) electrons. The van der Waals surface area contributed by atoms with Gasteiger partial charge in [0.1, 0.15) is 30.3 Å². The molecule has 0 aromatic carbocycles. The topological polar surface area (TPSA) is 223 Å². The SMILES string of the molecule is CC[C@H](C)[C@H](N)C(=O)OC(=O)[C@@H]1CCCN1.C[C@@H](OC(=O)[C@@H](N)CCCCN)[C@H](N)C(=O)O. The molecule has 10 N–H and O–H groups in total. The summed E-state index contributed by atoms with van der Waals surface area (Å²) >= 11 is 0. The van der Waals surface area contributed by atoms with Crippen molar-refractivity contribution >= 4 is 23.9 Å². The Morgan fingerprint density at radius 1 is 1.06 bits per heavy atom. The van der Waals surface area contributed by atoms with E-state index in [0.717, 1.165) is 38.6 Å². The van der Waals surface area contributed by atoms with E-state index in [9.17, 15) is 19.2 Å². The van der Waals surface area contributed by atoms with Crippen molar-refractivity contribution in [1.82, 2.24) is 5.32 Å². The van der Waals surface area contributed by atoms with Crippen LogP contribution < -0.4 is 28.3 Å². The van der Waals surface area contributed by atoms with Crippen molar-refractivity contribution in [3.05, 3.63) is 0 Å². The minimum Gasteiger partial charge on any atom is -0.480 e. The lowest BCUT2D eigenvalue weighted by Crippen LogP contribution is -2.45. The molecule has 1 saturated heterocycles. The first-order valence-corrected chi connectivity index (χ1v) is 11.3. The largest absolute Gasteiger partial charge is 0.480 e. The van der Waals surface area contributed by atoms with Gasteiger partial charge < -0.3 is 42.8 Å². The van der Waals surface area contributed by atoms with Gasteiger partial charge in [-0.15, -0.1) is 0 Å². The first-order chi connectivity index (χ1) is 15.5. The normalized spacial score (nSPS) is 19.8. The molecule has 0 unspecified atom stereocenters. The van der Waals surface area contributed by atoms with Gasteiger partial charge in [0.2, 0.25) is 0 Å². The minimum atomic E-state index is -1.24. The highest BCUT2D eigenvalue weighted by molar-refractivity contribution is 5.91. The molecule has 1 rings (SSSR count). The Balaban J connectivity index is 0.000000621. The van der Waals surface area contributed by atoms with Crippen LogP contribution in [0.2, 0.25) is 0 Å². The molecule has 6 atom stereocenters. The van der Waals surface area contributed by atoms with Crippen LogP contribution in [-0.2, 0) is 28.7 Å². The molecular weight excluding hydrogens is 434 g/mol. The molecule has 12 heteroatoms. The second-order valence-electron chi connectivity index (χ2n) is 8.20. The summed E-state index contributed by atoms with van der Waals surface area (Å²) < 4.78 is 9.62. The van der Waals surface area contributed by atoms with Crippen molar-refractivity contribution in [2.75, 3.05) is 13.1 Å². The summed E-state index contributed by atoms with van der Waals surface area (Å²) in [6.07, 6.45) is 3.52. The summed E-state index contributed by atoms with van der Waals surface area (Å²) in [6, 6.07) is -3.05. The van der Waals surface area contributed by atoms with Gasteiger partial charge in [-0.3, -0.25) is 9.59 Å². The molecule has 0 amide bonds. The summed E-state index contributed by atoms with van der Waals surface area (Å²) in [7, 11) is 0. The lowest BCUT2D eigenvalue weighted by molar-refractivity contribution is -0.163. The Kier molecular flexibility index (Phi) is 15.4. The number of nitrogens with one attached hydrogen (secondary N) is 1. The van der Waals surface area contributed by atoms with Crippen LogP contribution in [-0.4, -0.2) is 72.3 Å². The molecule has 0 aromatic rings. The number of nitrogens with two attached hydrogens (primary N) is 4. The van der Waals surface area contributed by atoms with E-state index in [1.807, 2.05) is 13.8 Å². The molecule has 1 aliphatic rings. The van der Waals surface area contributed by atoms with E-state index in [-0.39, 0.29) is 12.0 Å². The van der Waals surface area contributed by atoms with E-state index >= 15 is 0 Å². The molecule has 192 valence electrons. The van der Waals surface area contributed by atoms with Gasteiger partial charge in [-0.25, -0.2) is 9.59 Å². The van der Waals surface area contributed by atoms with E-state index in [0.29, 0.717) is 13.0 Å². The molecule has 0 saturated carbocycles. The molecule has 1 heterocycles. The fraction of sp³-hybridized carbons (Fsp3) is 0.810. The van der Waals surface area contributed by atoms with Gasteiger partial charge in [-0.2, -0.15) is 0 Å². The number of carboxylic acids is 1. The smallest absolute Gasteiger partial charge is 0.330 e. The standard InChI is InChI=1S/C11H20N2O3.C10H21N3O4/c1-3-7(2)9(12)11(15)16-10(14)8-5-4-6-13-8;1-6(8(13)9(14)15)17-10(16)7(12)4-2-3-5-11/h7-9,13H,3-6,12H2,1-2H3;6-8H,2-5,11-13H2,1H3,(H,14,15)/t7-,8-,9-;6-,7+,8+/m01/s1. The van der Waals surface area contributed by atoms with Crippen molar-refractivity contribution < 1.29 is 33.8 Å². The van der Waals surface area contributed by atoms with Gasteiger partial charge in [0.25, 0.3) is 0 Å². The third kappa shape index (κ3) is 12.1. The Labute approximate surface area is 195 Å². The van der Waals surface area contributed by atoms with Gasteiger partial charge in [0.15, 0.2) is 0 Å². The lowest BCUT2D eigenvalue weighted by Gasteiger charge is -2.19. The third-order valence-electron chi connectivity index (χ3n) is 5.44.